The third-order valence-corrected chi connectivity index (χ3v) is 3.34. The number of ether oxygens (including phenoxy) is 2. The molecule has 0 fully saturated rings. The smallest absolute Gasteiger partial charge is 0.224 e. The molecule has 0 atom stereocenters. The summed E-state index contributed by atoms with van der Waals surface area (Å²) >= 11 is 12.1. The second kappa shape index (κ2) is 7.59. The molecular weight excluding hydrogens is 311 g/mol. The van der Waals surface area contributed by atoms with Gasteiger partial charge < -0.3 is 9.47 Å². The highest BCUT2D eigenvalue weighted by atomic mass is 35.5. The molecule has 0 aliphatic rings. The molecule has 0 saturated heterocycles. The highest BCUT2D eigenvalue weighted by molar-refractivity contribution is 6.31. The summed E-state index contributed by atoms with van der Waals surface area (Å²) in [6.45, 7) is 4.83. The van der Waals surface area contributed by atoms with E-state index < -0.39 is 0 Å². The van der Waals surface area contributed by atoms with Gasteiger partial charge in [-0.05, 0) is 37.1 Å². The zero-order chi connectivity index (χ0) is 15.2. The van der Waals surface area contributed by atoms with E-state index >= 15 is 0 Å². The first-order valence-electron chi connectivity index (χ1n) is 6.69. The first-order valence-corrected chi connectivity index (χ1v) is 7.45. The lowest BCUT2D eigenvalue weighted by atomic mass is 10.1. The van der Waals surface area contributed by atoms with Crippen LogP contribution in [0.3, 0.4) is 0 Å². The number of nitrogens with zero attached hydrogens (tertiary/aromatic N) is 2. The average molecular weight is 327 g/mol. The Hall–Kier alpha value is -1.36. The van der Waals surface area contributed by atoms with Gasteiger partial charge in [0.05, 0.1) is 0 Å². The zero-order valence-electron chi connectivity index (χ0n) is 11.9. The maximum atomic E-state index is 6.09. The van der Waals surface area contributed by atoms with Crippen LogP contribution in [-0.4, -0.2) is 16.6 Å². The van der Waals surface area contributed by atoms with E-state index in [9.17, 15) is 0 Å². The van der Waals surface area contributed by atoms with Crippen molar-refractivity contribution in [2.75, 3.05) is 6.61 Å². The van der Waals surface area contributed by atoms with Gasteiger partial charge in [-0.15, -0.1) is 0 Å². The summed E-state index contributed by atoms with van der Waals surface area (Å²) in [5.74, 6) is 1.53. The van der Waals surface area contributed by atoms with Crippen LogP contribution < -0.4 is 4.74 Å². The fourth-order valence-electron chi connectivity index (χ4n) is 1.76. The number of hydrogen-bond donors (Lipinski definition) is 0. The van der Waals surface area contributed by atoms with Crippen molar-refractivity contribution in [1.82, 2.24) is 9.97 Å². The predicted molar refractivity (Wildman–Crippen MR) is 83.3 cm³/mol. The fourth-order valence-corrected chi connectivity index (χ4v) is 2.20. The fraction of sp³-hybridized carbons (Fsp3) is 0.333. The maximum Gasteiger partial charge on any atom is 0.224 e. The lowest BCUT2D eigenvalue weighted by Gasteiger charge is -2.09. The molecule has 0 unspecified atom stereocenters. The predicted octanol–water partition coefficient (Wildman–Crippen LogP) is 4.67. The number of halogens is 2. The molecule has 2 aromatic rings. The van der Waals surface area contributed by atoms with E-state index in [4.69, 9.17) is 32.7 Å². The zero-order valence-corrected chi connectivity index (χ0v) is 13.4. The van der Waals surface area contributed by atoms with Gasteiger partial charge in [0.25, 0.3) is 0 Å². The quantitative estimate of drug-likeness (QED) is 0.723. The van der Waals surface area contributed by atoms with E-state index in [0.29, 0.717) is 35.8 Å². The van der Waals surface area contributed by atoms with E-state index in [2.05, 4.69) is 9.97 Å². The molecule has 1 heterocycles. The molecule has 0 radical (unpaired) electrons. The van der Waals surface area contributed by atoms with Crippen LogP contribution in [0.5, 0.6) is 11.6 Å². The first kappa shape index (κ1) is 16.0. The van der Waals surface area contributed by atoms with Crippen LogP contribution in [0.2, 0.25) is 10.2 Å². The molecular formula is C15H16Cl2N2O2. The van der Waals surface area contributed by atoms with Crippen molar-refractivity contribution in [3.05, 3.63) is 45.8 Å². The minimum atomic E-state index is 0.300. The third kappa shape index (κ3) is 4.56. The molecule has 0 N–H and O–H groups in total. The van der Waals surface area contributed by atoms with Crippen molar-refractivity contribution in [2.45, 2.75) is 26.9 Å². The molecule has 4 nitrogen and oxygen atoms in total. The Labute approximate surface area is 134 Å². The van der Waals surface area contributed by atoms with Crippen LogP contribution in [0.4, 0.5) is 0 Å². The Morgan fingerprint density at radius 2 is 1.90 bits per heavy atom. The molecule has 0 aliphatic heterocycles. The summed E-state index contributed by atoms with van der Waals surface area (Å²) in [7, 11) is 0. The lowest BCUT2D eigenvalue weighted by Crippen LogP contribution is -2.01. The Morgan fingerprint density at radius 3 is 2.62 bits per heavy atom. The number of benzene rings is 1. The van der Waals surface area contributed by atoms with E-state index in [0.717, 1.165) is 17.0 Å². The Balaban J connectivity index is 2.20. The lowest BCUT2D eigenvalue weighted by molar-refractivity contribution is 0.128. The SMILES string of the molecule is CCOCc1nc(Cl)cc(Oc2ccc(Cl)c(CC)c2)n1. The molecule has 0 spiro atoms. The summed E-state index contributed by atoms with van der Waals surface area (Å²) in [5.41, 5.74) is 1.02. The standard InChI is InChI=1S/C15H16Cl2N2O2/c1-3-10-7-11(5-6-12(10)16)21-15-8-13(17)18-14(19-15)9-20-4-2/h5-8H,3-4,9H2,1-2H3. The third-order valence-electron chi connectivity index (χ3n) is 2.77. The van der Waals surface area contributed by atoms with E-state index in [-0.39, 0.29) is 0 Å². The van der Waals surface area contributed by atoms with Gasteiger partial charge in [0, 0.05) is 17.7 Å². The second-order valence-corrected chi connectivity index (χ2v) is 5.09. The Morgan fingerprint density at radius 1 is 1.10 bits per heavy atom. The number of aromatic nitrogens is 2. The normalized spacial score (nSPS) is 10.7. The van der Waals surface area contributed by atoms with Crippen LogP contribution in [0.15, 0.2) is 24.3 Å². The van der Waals surface area contributed by atoms with Gasteiger partial charge in [-0.3, -0.25) is 0 Å². The van der Waals surface area contributed by atoms with Crippen molar-refractivity contribution in [2.24, 2.45) is 0 Å². The summed E-state index contributed by atoms with van der Waals surface area (Å²) in [5, 5.41) is 1.04. The van der Waals surface area contributed by atoms with Gasteiger partial charge in [0.15, 0.2) is 5.82 Å². The van der Waals surface area contributed by atoms with Crippen LogP contribution in [-0.2, 0) is 17.8 Å². The summed E-state index contributed by atoms with van der Waals surface area (Å²) in [6.07, 6.45) is 0.830. The molecule has 2 rings (SSSR count). The minimum Gasteiger partial charge on any atom is -0.439 e. The maximum absolute atomic E-state index is 6.09. The summed E-state index contributed by atoms with van der Waals surface area (Å²) in [4.78, 5) is 8.36. The van der Waals surface area contributed by atoms with Gasteiger partial charge in [0.1, 0.15) is 17.5 Å². The van der Waals surface area contributed by atoms with Crippen molar-refractivity contribution >= 4 is 23.2 Å². The molecule has 0 saturated carbocycles. The Bertz CT molecular complexity index is 621. The van der Waals surface area contributed by atoms with Gasteiger partial charge in [-0.25, -0.2) is 4.98 Å². The van der Waals surface area contributed by atoms with Crippen molar-refractivity contribution in [1.29, 1.82) is 0 Å². The van der Waals surface area contributed by atoms with Crippen molar-refractivity contribution < 1.29 is 9.47 Å². The molecule has 0 amide bonds. The van der Waals surface area contributed by atoms with Crippen LogP contribution in [0.25, 0.3) is 0 Å². The molecule has 0 aliphatic carbocycles. The van der Waals surface area contributed by atoms with Gasteiger partial charge in [0.2, 0.25) is 5.88 Å². The van der Waals surface area contributed by atoms with Crippen molar-refractivity contribution in [3.8, 4) is 11.6 Å². The van der Waals surface area contributed by atoms with Gasteiger partial charge >= 0.3 is 0 Å². The molecule has 0 bridgehead atoms. The average Bonchev–Trinajstić information content (AvgIpc) is 2.46. The van der Waals surface area contributed by atoms with Gasteiger partial charge in [-0.1, -0.05) is 30.1 Å². The first-order chi connectivity index (χ1) is 10.1. The van der Waals surface area contributed by atoms with Crippen molar-refractivity contribution in [3.63, 3.8) is 0 Å². The molecule has 6 heteroatoms. The minimum absolute atomic E-state index is 0.300. The summed E-state index contributed by atoms with van der Waals surface area (Å²) < 4.78 is 11.0. The highest BCUT2D eigenvalue weighted by Gasteiger charge is 2.07. The number of rotatable bonds is 6. The van der Waals surface area contributed by atoms with Gasteiger partial charge in [-0.2, -0.15) is 4.98 Å². The monoisotopic (exact) mass is 326 g/mol. The van der Waals surface area contributed by atoms with E-state index in [1.807, 2.05) is 19.9 Å². The molecule has 112 valence electrons. The molecule has 21 heavy (non-hydrogen) atoms. The molecule has 1 aromatic carbocycles. The highest BCUT2D eigenvalue weighted by Crippen LogP contribution is 2.26. The van der Waals surface area contributed by atoms with Crippen LogP contribution in [0.1, 0.15) is 25.2 Å². The second-order valence-electron chi connectivity index (χ2n) is 4.29. The van der Waals surface area contributed by atoms with Crippen LogP contribution >= 0.6 is 23.2 Å². The topological polar surface area (TPSA) is 44.2 Å². The Kier molecular flexibility index (Phi) is 5.79. The largest absolute Gasteiger partial charge is 0.439 e. The van der Waals surface area contributed by atoms with E-state index in [1.54, 1.807) is 18.2 Å². The number of hydrogen-bond acceptors (Lipinski definition) is 4. The van der Waals surface area contributed by atoms with Crippen LogP contribution in [0, 0.1) is 0 Å². The molecule has 1 aromatic heterocycles. The number of aryl methyl sites for hydroxylation is 1. The summed E-state index contributed by atoms with van der Waals surface area (Å²) in [6, 6.07) is 7.05. The van der Waals surface area contributed by atoms with E-state index in [1.165, 1.54) is 0 Å².